The second-order valence-electron chi connectivity index (χ2n) is 7.01. The molecule has 1 aromatic rings. The number of hydrogen-bond donors (Lipinski definition) is 1. The Hall–Kier alpha value is -1.07. The number of benzene rings is 1. The number of aryl methyl sites for hydroxylation is 1. The van der Waals surface area contributed by atoms with Crippen LogP contribution in [-0.2, 0) is 9.84 Å². The monoisotopic (exact) mass is 325 g/mol. The van der Waals surface area contributed by atoms with Gasteiger partial charge in [-0.15, -0.1) is 0 Å². The molecule has 0 bridgehead atoms. The molecule has 1 aliphatic heterocycles. The predicted molar refractivity (Wildman–Crippen MR) is 91.4 cm³/mol. The smallest absolute Gasteiger partial charge is 0.154 e. The van der Waals surface area contributed by atoms with Crippen LogP contribution in [0.4, 0.5) is 5.69 Å². The third-order valence-electron chi connectivity index (χ3n) is 4.57. The Morgan fingerprint density at radius 3 is 2.64 bits per heavy atom. The molecule has 0 saturated heterocycles. The average molecular weight is 325 g/mol. The van der Waals surface area contributed by atoms with Crippen molar-refractivity contribution in [2.75, 3.05) is 29.6 Å². The lowest BCUT2D eigenvalue weighted by Crippen LogP contribution is -2.50. The zero-order chi connectivity index (χ0) is 16.5. The van der Waals surface area contributed by atoms with E-state index >= 15 is 0 Å². The van der Waals surface area contributed by atoms with Gasteiger partial charge in [0.25, 0.3) is 0 Å². The van der Waals surface area contributed by atoms with Crippen LogP contribution in [0.2, 0.25) is 0 Å². The summed E-state index contributed by atoms with van der Waals surface area (Å²) >= 11 is 0. The predicted octanol–water partition coefficient (Wildman–Crippen LogP) is 2.49. The second-order valence-corrected chi connectivity index (χ2v) is 9.31. The van der Waals surface area contributed by atoms with Crippen molar-refractivity contribution in [1.82, 2.24) is 0 Å². The van der Waals surface area contributed by atoms with Gasteiger partial charge in [-0.05, 0) is 50.3 Å². The molecule has 1 atom stereocenters. The van der Waals surface area contributed by atoms with Crippen LogP contribution in [0.5, 0.6) is 0 Å². The Kier molecular flexibility index (Phi) is 4.87. The molecule has 0 aliphatic carbocycles. The van der Waals surface area contributed by atoms with Crippen molar-refractivity contribution in [2.45, 2.75) is 45.6 Å². The molecule has 1 aliphatic rings. The minimum absolute atomic E-state index is 0.0745. The van der Waals surface area contributed by atoms with Gasteiger partial charge >= 0.3 is 0 Å². The summed E-state index contributed by atoms with van der Waals surface area (Å²) in [4.78, 5) is 2.23. The fourth-order valence-electron chi connectivity index (χ4n) is 3.49. The van der Waals surface area contributed by atoms with E-state index in [4.69, 9.17) is 5.11 Å². The molecule has 22 heavy (non-hydrogen) atoms. The van der Waals surface area contributed by atoms with Gasteiger partial charge in [0.1, 0.15) is 0 Å². The number of nitrogens with zero attached hydrogens (tertiary/aromatic N) is 1. The van der Waals surface area contributed by atoms with Crippen LogP contribution in [0.15, 0.2) is 18.2 Å². The summed E-state index contributed by atoms with van der Waals surface area (Å²) in [6.45, 7) is 8.81. The molecule has 0 amide bonds. The standard InChI is InChI=1S/C17H27NO3S/c1-13-5-6-15-14(2)12-17(3,4)18(16(15)11-13)7-9-22(20,21)10-8-19/h5-6,11,14,19H,7-10,12H2,1-4H3. The molecule has 1 N–H and O–H groups in total. The summed E-state index contributed by atoms with van der Waals surface area (Å²) in [5.41, 5.74) is 3.56. The number of aliphatic hydroxyl groups excluding tert-OH is 1. The first kappa shape index (κ1) is 17.3. The van der Waals surface area contributed by atoms with Crippen LogP contribution >= 0.6 is 0 Å². The number of anilines is 1. The van der Waals surface area contributed by atoms with E-state index in [2.05, 4.69) is 50.8 Å². The molecular weight excluding hydrogens is 298 g/mol. The molecule has 0 radical (unpaired) electrons. The van der Waals surface area contributed by atoms with E-state index in [0.717, 1.165) is 12.1 Å². The molecule has 1 heterocycles. The van der Waals surface area contributed by atoms with E-state index in [0.29, 0.717) is 12.5 Å². The van der Waals surface area contributed by atoms with Gasteiger partial charge in [0.15, 0.2) is 9.84 Å². The molecule has 0 saturated carbocycles. The fraction of sp³-hybridized carbons (Fsp3) is 0.647. The maximum Gasteiger partial charge on any atom is 0.154 e. The van der Waals surface area contributed by atoms with Crippen molar-refractivity contribution >= 4 is 15.5 Å². The van der Waals surface area contributed by atoms with Crippen LogP contribution < -0.4 is 4.90 Å². The molecule has 0 aromatic heterocycles. The molecule has 1 aromatic carbocycles. The quantitative estimate of drug-likeness (QED) is 0.904. The van der Waals surface area contributed by atoms with Crippen molar-refractivity contribution < 1.29 is 13.5 Å². The van der Waals surface area contributed by atoms with Crippen LogP contribution in [-0.4, -0.2) is 43.7 Å². The first-order valence-corrected chi connectivity index (χ1v) is 9.68. The number of fused-ring (bicyclic) bond motifs is 1. The normalized spacial score (nSPS) is 20.8. The summed E-state index contributed by atoms with van der Waals surface area (Å²) in [5.74, 6) is 0.396. The SMILES string of the molecule is Cc1ccc2c(c1)N(CCS(=O)(=O)CCO)C(C)(C)CC2C. The lowest BCUT2D eigenvalue weighted by molar-refractivity contribution is 0.319. The Labute approximate surface area is 134 Å². The number of sulfone groups is 1. The lowest BCUT2D eigenvalue weighted by Gasteiger charge is -2.47. The fourth-order valence-corrected chi connectivity index (χ4v) is 4.44. The Bertz CT molecular complexity index is 637. The largest absolute Gasteiger partial charge is 0.395 e. The zero-order valence-corrected chi connectivity index (χ0v) is 14.8. The highest BCUT2D eigenvalue weighted by molar-refractivity contribution is 7.91. The number of rotatable bonds is 5. The van der Waals surface area contributed by atoms with Crippen LogP contribution in [0.25, 0.3) is 0 Å². The van der Waals surface area contributed by atoms with Crippen molar-refractivity contribution in [3.8, 4) is 0 Å². The summed E-state index contributed by atoms with van der Waals surface area (Å²) in [6, 6.07) is 6.44. The van der Waals surface area contributed by atoms with E-state index < -0.39 is 9.84 Å². The third kappa shape index (κ3) is 3.63. The molecule has 4 nitrogen and oxygen atoms in total. The number of aliphatic hydroxyl groups is 1. The Morgan fingerprint density at radius 2 is 2.00 bits per heavy atom. The van der Waals surface area contributed by atoms with Gasteiger partial charge in [-0.3, -0.25) is 0 Å². The highest BCUT2D eigenvalue weighted by Gasteiger charge is 2.36. The van der Waals surface area contributed by atoms with E-state index in [1.54, 1.807) is 0 Å². The average Bonchev–Trinajstić information content (AvgIpc) is 2.36. The van der Waals surface area contributed by atoms with Crippen molar-refractivity contribution in [1.29, 1.82) is 0 Å². The van der Waals surface area contributed by atoms with Crippen LogP contribution in [0.1, 0.15) is 44.2 Å². The van der Waals surface area contributed by atoms with E-state index in [1.165, 1.54) is 11.1 Å². The van der Waals surface area contributed by atoms with Gasteiger partial charge in [0.2, 0.25) is 0 Å². The van der Waals surface area contributed by atoms with E-state index in [1.807, 2.05) is 0 Å². The summed E-state index contributed by atoms with van der Waals surface area (Å²) in [5, 5.41) is 8.88. The van der Waals surface area contributed by atoms with Crippen LogP contribution in [0, 0.1) is 6.92 Å². The van der Waals surface area contributed by atoms with Gasteiger partial charge in [-0.1, -0.05) is 19.1 Å². The Morgan fingerprint density at radius 1 is 1.32 bits per heavy atom. The zero-order valence-electron chi connectivity index (χ0n) is 14.0. The molecule has 1 unspecified atom stereocenters. The molecule has 0 spiro atoms. The van der Waals surface area contributed by atoms with E-state index in [-0.39, 0.29) is 23.7 Å². The minimum Gasteiger partial charge on any atom is -0.395 e. The highest BCUT2D eigenvalue weighted by Crippen LogP contribution is 2.43. The lowest BCUT2D eigenvalue weighted by atomic mass is 9.80. The van der Waals surface area contributed by atoms with Gasteiger partial charge in [0, 0.05) is 17.8 Å². The van der Waals surface area contributed by atoms with E-state index in [9.17, 15) is 8.42 Å². The van der Waals surface area contributed by atoms with Crippen molar-refractivity contribution in [2.24, 2.45) is 0 Å². The summed E-state index contributed by atoms with van der Waals surface area (Å²) < 4.78 is 23.9. The molecule has 2 rings (SSSR count). The van der Waals surface area contributed by atoms with Gasteiger partial charge in [-0.2, -0.15) is 0 Å². The summed E-state index contributed by atoms with van der Waals surface area (Å²) in [6.07, 6.45) is 1.00. The first-order chi connectivity index (χ1) is 10.2. The van der Waals surface area contributed by atoms with Crippen molar-refractivity contribution in [3.05, 3.63) is 29.3 Å². The highest BCUT2D eigenvalue weighted by atomic mass is 32.2. The second kappa shape index (κ2) is 6.20. The summed E-state index contributed by atoms with van der Waals surface area (Å²) in [7, 11) is -3.20. The number of hydrogen-bond acceptors (Lipinski definition) is 4. The Balaban J connectivity index is 2.32. The van der Waals surface area contributed by atoms with Crippen molar-refractivity contribution in [3.63, 3.8) is 0 Å². The molecular formula is C17H27NO3S. The molecule has 5 heteroatoms. The van der Waals surface area contributed by atoms with Gasteiger partial charge < -0.3 is 10.0 Å². The molecule has 124 valence electrons. The maximum atomic E-state index is 11.9. The van der Waals surface area contributed by atoms with Gasteiger partial charge in [0.05, 0.1) is 18.1 Å². The first-order valence-electron chi connectivity index (χ1n) is 7.86. The van der Waals surface area contributed by atoms with Crippen LogP contribution in [0.3, 0.4) is 0 Å². The molecule has 0 fully saturated rings. The maximum absolute atomic E-state index is 11.9. The topological polar surface area (TPSA) is 57.6 Å². The minimum atomic E-state index is -3.20. The third-order valence-corrected chi connectivity index (χ3v) is 6.18. The van der Waals surface area contributed by atoms with Gasteiger partial charge in [-0.25, -0.2) is 8.42 Å².